The van der Waals surface area contributed by atoms with Gasteiger partial charge in [0.05, 0.1) is 12.2 Å². The number of thioether (sulfide) groups is 1. The molecule has 0 fully saturated rings. The summed E-state index contributed by atoms with van der Waals surface area (Å²) in [5, 5.41) is 1.70. The first-order valence-electron chi connectivity index (χ1n) is 3.99. The van der Waals surface area contributed by atoms with Gasteiger partial charge in [0.15, 0.2) is 0 Å². The van der Waals surface area contributed by atoms with E-state index in [4.69, 9.17) is 0 Å². The molecule has 0 amide bonds. The molecule has 1 atom stereocenters. The van der Waals surface area contributed by atoms with Gasteiger partial charge in [0.1, 0.15) is 5.04 Å². The predicted molar refractivity (Wildman–Crippen MR) is 52.7 cm³/mol. The molecule has 1 aliphatic rings. The Morgan fingerprint density at radius 3 is 3.00 bits per heavy atom. The maximum Gasteiger partial charge on any atom is 0.116 e. The van der Waals surface area contributed by atoms with Gasteiger partial charge in [-0.1, -0.05) is 24.8 Å². The Balaban J connectivity index is 2.22. The van der Waals surface area contributed by atoms with Crippen molar-refractivity contribution in [3.8, 4) is 0 Å². The van der Waals surface area contributed by atoms with Crippen molar-refractivity contribution >= 4 is 16.8 Å². The Morgan fingerprint density at radius 1 is 1.50 bits per heavy atom. The Labute approximate surface area is 76.1 Å². The van der Waals surface area contributed by atoms with Gasteiger partial charge in [-0.25, -0.2) is 0 Å². The van der Waals surface area contributed by atoms with Crippen molar-refractivity contribution in [3.05, 3.63) is 30.1 Å². The molecule has 1 aromatic heterocycles. The van der Waals surface area contributed by atoms with Crippen LogP contribution < -0.4 is 0 Å². The Morgan fingerprint density at radius 2 is 2.42 bits per heavy atom. The first kappa shape index (κ1) is 7.80. The second-order valence-corrected chi connectivity index (χ2v) is 4.22. The zero-order valence-electron chi connectivity index (χ0n) is 6.90. The van der Waals surface area contributed by atoms with E-state index in [2.05, 4.69) is 16.9 Å². The van der Waals surface area contributed by atoms with Gasteiger partial charge in [-0.2, -0.15) is 0 Å². The van der Waals surface area contributed by atoms with E-state index >= 15 is 0 Å². The first-order valence-corrected chi connectivity index (χ1v) is 4.87. The number of hydrogen-bond donors (Lipinski definition) is 0. The largest absolute Gasteiger partial charge is 0.275 e. The van der Waals surface area contributed by atoms with Crippen molar-refractivity contribution in [2.24, 2.45) is 4.99 Å². The van der Waals surface area contributed by atoms with Crippen LogP contribution in [0.4, 0.5) is 0 Å². The van der Waals surface area contributed by atoms with Gasteiger partial charge in [0, 0.05) is 11.4 Å². The number of hydrogen-bond acceptors (Lipinski definition) is 3. The van der Waals surface area contributed by atoms with Crippen molar-refractivity contribution < 1.29 is 0 Å². The molecule has 0 spiro atoms. The molecule has 2 rings (SSSR count). The minimum Gasteiger partial charge on any atom is -0.275 e. The highest BCUT2D eigenvalue weighted by atomic mass is 32.2. The van der Waals surface area contributed by atoms with E-state index in [1.54, 1.807) is 18.0 Å². The fourth-order valence-electron chi connectivity index (χ4n) is 1.11. The van der Waals surface area contributed by atoms with Crippen LogP contribution in [0, 0.1) is 0 Å². The van der Waals surface area contributed by atoms with E-state index < -0.39 is 0 Å². The SMILES string of the molecule is C[C@H]1CN=C(c2ccccn2)S1. The number of aliphatic imine (C=N–C) groups is 1. The second-order valence-electron chi connectivity index (χ2n) is 2.79. The van der Waals surface area contributed by atoms with Gasteiger partial charge < -0.3 is 0 Å². The van der Waals surface area contributed by atoms with Gasteiger partial charge in [-0.15, -0.1) is 0 Å². The number of rotatable bonds is 1. The second kappa shape index (κ2) is 3.27. The summed E-state index contributed by atoms with van der Waals surface area (Å²) in [6.07, 6.45) is 1.81. The van der Waals surface area contributed by atoms with Crippen LogP contribution >= 0.6 is 11.8 Å². The van der Waals surface area contributed by atoms with E-state index in [0.717, 1.165) is 17.3 Å². The molecule has 0 aliphatic carbocycles. The average Bonchev–Trinajstić information content (AvgIpc) is 2.54. The standard InChI is InChI=1S/C9H10N2S/c1-7-6-11-9(12-7)8-4-2-3-5-10-8/h2-5,7H,6H2,1H3/t7-/m0/s1. The van der Waals surface area contributed by atoms with Crippen molar-refractivity contribution in [2.45, 2.75) is 12.2 Å². The lowest BCUT2D eigenvalue weighted by Gasteiger charge is -1.98. The van der Waals surface area contributed by atoms with Crippen LogP contribution in [0.2, 0.25) is 0 Å². The zero-order chi connectivity index (χ0) is 8.39. The summed E-state index contributed by atoms with van der Waals surface area (Å²) in [4.78, 5) is 8.65. The Hall–Kier alpha value is -0.830. The highest BCUT2D eigenvalue weighted by Gasteiger charge is 2.16. The molecule has 1 aliphatic heterocycles. The summed E-state index contributed by atoms with van der Waals surface area (Å²) < 4.78 is 0. The third-order valence-electron chi connectivity index (χ3n) is 1.69. The van der Waals surface area contributed by atoms with Crippen LogP contribution in [0.1, 0.15) is 12.6 Å². The number of aromatic nitrogens is 1. The highest BCUT2D eigenvalue weighted by molar-refractivity contribution is 8.15. The van der Waals surface area contributed by atoms with Crippen molar-refractivity contribution in [3.63, 3.8) is 0 Å². The molecule has 0 unspecified atom stereocenters. The van der Waals surface area contributed by atoms with Crippen molar-refractivity contribution in [1.29, 1.82) is 0 Å². The monoisotopic (exact) mass is 178 g/mol. The lowest BCUT2D eigenvalue weighted by atomic mass is 10.4. The molecule has 0 bridgehead atoms. The molecule has 0 N–H and O–H groups in total. The first-order chi connectivity index (χ1) is 5.86. The normalized spacial score (nSPS) is 22.4. The topological polar surface area (TPSA) is 25.2 Å². The molecule has 1 aromatic rings. The molecular formula is C9H10N2S. The Bertz CT molecular complexity index is 295. The highest BCUT2D eigenvalue weighted by Crippen LogP contribution is 2.23. The molecule has 0 saturated heterocycles. The minimum atomic E-state index is 0.613. The molecule has 0 saturated carbocycles. The van der Waals surface area contributed by atoms with Gasteiger partial charge in [0.25, 0.3) is 0 Å². The summed E-state index contributed by atoms with van der Waals surface area (Å²) in [7, 11) is 0. The van der Waals surface area contributed by atoms with Gasteiger partial charge >= 0.3 is 0 Å². The lowest BCUT2D eigenvalue weighted by molar-refractivity contribution is 0.976. The van der Waals surface area contributed by atoms with Gasteiger partial charge in [-0.3, -0.25) is 9.98 Å². The summed E-state index contributed by atoms with van der Waals surface area (Å²) in [5.74, 6) is 0. The van der Waals surface area contributed by atoms with Gasteiger partial charge in [-0.05, 0) is 12.1 Å². The smallest absolute Gasteiger partial charge is 0.116 e. The lowest BCUT2D eigenvalue weighted by Crippen LogP contribution is -1.97. The molecule has 12 heavy (non-hydrogen) atoms. The maximum absolute atomic E-state index is 4.40. The van der Waals surface area contributed by atoms with Crippen LogP contribution in [0.25, 0.3) is 0 Å². The summed E-state index contributed by atoms with van der Waals surface area (Å²) >= 11 is 1.81. The van der Waals surface area contributed by atoms with E-state index in [9.17, 15) is 0 Å². The Kier molecular flexibility index (Phi) is 2.13. The van der Waals surface area contributed by atoms with E-state index in [-0.39, 0.29) is 0 Å². The minimum absolute atomic E-state index is 0.613. The summed E-state index contributed by atoms with van der Waals surface area (Å²) in [5.41, 5.74) is 1.01. The summed E-state index contributed by atoms with van der Waals surface area (Å²) in [6, 6.07) is 5.92. The summed E-state index contributed by atoms with van der Waals surface area (Å²) in [6.45, 7) is 3.11. The molecule has 2 heterocycles. The van der Waals surface area contributed by atoms with E-state index in [1.165, 1.54) is 0 Å². The number of nitrogens with zero attached hydrogens (tertiary/aromatic N) is 2. The van der Waals surface area contributed by atoms with Gasteiger partial charge in [0.2, 0.25) is 0 Å². The quantitative estimate of drug-likeness (QED) is 0.657. The third kappa shape index (κ3) is 1.50. The zero-order valence-corrected chi connectivity index (χ0v) is 7.71. The predicted octanol–water partition coefficient (Wildman–Crippen LogP) is 1.96. The van der Waals surface area contributed by atoms with Crippen molar-refractivity contribution in [2.75, 3.05) is 6.54 Å². The number of pyridine rings is 1. The van der Waals surface area contributed by atoms with Crippen LogP contribution in [0.15, 0.2) is 29.4 Å². The van der Waals surface area contributed by atoms with Crippen LogP contribution in [0.5, 0.6) is 0 Å². The molecule has 0 aromatic carbocycles. The van der Waals surface area contributed by atoms with Crippen LogP contribution in [0.3, 0.4) is 0 Å². The molecule has 3 heteroatoms. The molecule has 62 valence electrons. The fraction of sp³-hybridized carbons (Fsp3) is 0.333. The van der Waals surface area contributed by atoms with Crippen LogP contribution in [-0.4, -0.2) is 21.8 Å². The van der Waals surface area contributed by atoms with Crippen LogP contribution in [-0.2, 0) is 0 Å². The molecular weight excluding hydrogens is 168 g/mol. The maximum atomic E-state index is 4.40. The average molecular weight is 178 g/mol. The molecule has 0 radical (unpaired) electrons. The van der Waals surface area contributed by atoms with Crippen molar-refractivity contribution in [1.82, 2.24) is 4.98 Å². The van der Waals surface area contributed by atoms with E-state index in [1.807, 2.05) is 18.2 Å². The van der Waals surface area contributed by atoms with E-state index in [0.29, 0.717) is 5.25 Å². The fourth-order valence-corrected chi connectivity index (χ4v) is 2.03. The third-order valence-corrected chi connectivity index (χ3v) is 2.80. The molecule has 2 nitrogen and oxygen atoms in total.